The van der Waals surface area contributed by atoms with Gasteiger partial charge < -0.3 is 10.4 Å². The third kappa shape index (κ3) is 2.94. The molecule has 2 N–H and O–H groups in total. The normalized spacial score (nSPS) is 26.1. The second kappa shape index (κ2) is 6.12. The number of nitrogens with zero attached hydrogens (tertiary/aromatic N) is 1. The van der Waals surface area contributed by atoms with Gasteiger partial charge in [-0.1, -0.05) is 25.1 Å². The van der Waals surface area contributed by atoms with Crippen molar-refractivity contribution in [1.82, 2.24) is 10.3 Å². The summed E-state index contributed by atoms with van der Waals surface area (Å²) in [5.74, 6) is 0. The van der Waals surface area contributed by atoms with Crippen LogP contribution in [0.2, 0.25) is 0 Å². The molecule has 0 unspecified atom stereocenters. The lowest BCUT2D eigenvalue weighted by Crippen LogP contribution is -2.40. The van der Waals surface area contributed by atoms with Gasteiger partial charge in [0, 0.05) is 23.8 Å². The largest absolute Gasteiger partial charge is 0.385 e. The quantitative estimate of drug-likeness (QED) is 0.905. The summed E-state index contributed by atoms with van der Waals surface area (Å²) in [6.07, 6.45) is 8.56. The van der Waals surface area contributed by atoms with E-state index in [0.717, 1.165) is 55.0 Å². The van der Waals surface area contributed by atoms with Gasteiger partial charge in [-0.15, -0.1) is 0 Å². The van der Waals surface area contributed by atoms with Gasteiger partial charge in [0.25, 0.3) is 0 Å². The average molecular weight is 284 g/mol. The van der Waals surface area contributed by atoms with E-state index >= 15 is 0 Å². The Kier molecular flexibility index (Phi) is 4.22. The number of hydrogen-bond donors (Lipinski definition) is 2. The standard InChI is InChI=1S/C18H24N2O/c1-2-11-20-15-6-9-18(21,10-7-15)17-5-3-4-14-8-12-19-13-16(14)17/h3-5,8,12-13,15,20-21H,2,6-7,9-11H2,1H3. The van der Waals surface area contributed by atoms with Crippen LogP contribution in [0.1, 0.15) is 44.6 Å². The number of nitrogens with one attached hydrogen (secondary N) is 1. The highest BCUT2D eigenvalue weighted by molar-refractivity contribution is 5.85. The molecular formula is C18H24N2O. The van der Waals surface area contributed by atoms with E-state index in [2.05, 4.69) is 29.4 Å². The highest BCUT2D eigenvalue weighted by Crippen LogP contribution is 2.39. The van der Waals surface area contributed by atoms with Crippen molar-refractivity contribution in [3.63, 3.8) is 0 Å². The molecule has 0 aliphatic heterocycles. The summed E-state index contributed by atoms with van der Waals surface area (Å²) in [5.41, 5.74) is 0.342. The third-order valence-corrected chi connectivity index (χ3v) is 4.68. The lowest BCUT2D eigenvalue weighted by atomic mass is 9.76. The summed E-state index contributed by atoms with van der Waals surface area (Å²) in [6.45, 7) is 3.26. The minimum absolute atomic E-state index is 0.554. The van der Waals surface area contributed by atoms with E-state index in [1.807, 2.05) is 24.5 Å². The Morgan fingerprint density at radius 3 is 2.86 bits per heavy atom. The van der Waals surface area contributed by atoms with Crippen molar-refractivity contribution in [2.24, 2.45) is 0 Å². The molecule has 112 valence electrons. The Balaban J connectivity index is 1.82. The molecule has 1 aliphatic carbocycles. The van der Waals surface area contributed by atoms with Crippen LogP contribution in [-0.2, 0) is 5.60 Å². The van der Waals surface area contributed by atoms with Gasteiger partial charge in [-0.05, 0) is 55.7 Å². The van der Waals surface area contributed by atoms with E-state index in [9.17, 15) is 5.11 Å². The number of aliphatic hydroxyl groups is 1. The third-order valence-electron chi connectivity index (χ3n) is 4.68. The van der Waals surface area contributed by atoms with Crippen molar-refractivity contribution in [3.05, 3.63) is 42.2 Å². The predicted octanol–water partition coefficient (Wildman–Crippen LogP) is 3.36. The molecule has 0 amide bonds. The van der Waals surface area contributed by atoms with Gasteiger partial charge in [-0.2, -0.15) is 0 Å². The van der Waals surface area contributed by atoms with Crippen molar-refractivity contribution in [2.75, 3.05) is 6.54 Å². The SMILES string of the molecule is CCCNC1CCC(O)(c2cccc3ccncc23)CC1. The van der Waals surface area contributed by atoms with Gasteiger partial charge in [-0.3, -0.25) is 4.98 Å². The van der Waals surface area contributed by atoms with Crippen molar-refractivity contribution < 1.29 is 5.11 Å². The Labute approximate surface area is 126 Å². The van der Waals surface area contributed by atoms with E-state index < -0.39 is 5.60 Å². The topological polar surface area (TPSA) is 45.1 Å². The fourth-order valence-electron chi connectivity index (χ4n) is 3.44. The van der Waals surface area contributed by atoms with Gasteiger partial charge in [-0.25, -0.2) is 0 Å². The Hall–Kier alpha value is -1.45. The van der Waals surface area contributed by atoms with Crippen molar-refractivity contribution in [1.29, 1.82) is 0 Å². The monoisotopic (exact) mass is 284 g/mol. The van der Waals surface area contributed by atoms with Crippen molar-refractivity contribution >= 4 is 10.8 Å². The number of benzene rings is 1. The van der Waals surface area contributed by atoms with E-state index in [4.69, 9.17) is 0 Å². The number of fused-ring (bicyclic) bond motifs is 1. The molecule has 3 heteroatoms. The summed E-state index contributed by atoms with van der Waals surface area (Å²) in [4.78, 5) is 4.23. The molecular weight excluding hydrogens is 260 g/mol. The molecule has 0 spiro atoms. The van der Waals surface area contributed by atoms with Gasteiger partial charge in [0.15, 0.2) is 0 Å². The number of aromatic nitrogens is 1. The van der Waals surface area contributed by atoms with E-state index in [1.165, 1.54) is 0 Å². The first-order valence-corrected chi connectivity index (χ1v) is 8.02. The maximum atomic E-state index is 11.1. The molecule has 1 aromatic heterocycles. The van der Waals surface area contributed by atoms with Gasteiger partial charge in [0.1, 0.15) is 0 Å². The molecule has 1 aromatic carbocycles. The van der Waals surface area contributed by atoms with Crippen LogP contribution in [0.4, 0.5) is 0 Å². The molecule has 0 saturated heterocycles. The van der Waals surface area contributed by atoms with Gasteiger partial charge >= 0.3 is 0 Å². The first-order chi connectivity index (χ1) is 10.2. The van der Waals surface area contributed by atoms with Crippen LogP contribution in [0.15, 0.2) is 36.7 Å². The molecule has 0 atom stereocenters. The minimum Gasteiger partial charge on any atom is -0.385 e. The smallest absolute Gasteiger partial charge is 0.0904 e. The molecule has 3 rings (SSSR count). The summed E-state index contributed by atoms with van der Waals surface area (Å²) in [5, 5.41) is 16.9. The summed E-state index contributed by atoms with van der Waals surface area (Å²) in [7, 11) is 0. The molecule has 1 fully saturated rings. The maximum absolute atomic E-state index is 11.1. The van der Waals surface area contributed by atoms with E-state index in [0.29, 0.717) is 6.04 Å². The van der Waals surface area contributed by atoms with Gasteiger partial charge in [0.2, 0.25) is 0 Å². The average Bonchev–Trinajstić information content (AvgIpc) is 2.54. The number of pyridine rings is 1. The van der Waals surface area contributed by atoms with Crippen LogP contribution in [0.3, 0.4) is 0 Å². The molecule has 1 aliphatic rings. The summed E-state index contributed by atoms with van der Waals surface area (Å²) >= 11 is 0. The molecule has 2 aromatic rings. The van der Waals surface area contributed by atoms with Crippen molar-refractivity contribution in [3.8, 4) is 0 Å². The summed E-state index contributed by atoms with van der Waals surface area (Å²) in [6, 6.07) is 8.74. The Bertz CT molecular complexity index is 598. The second-order valence-corrected chi connectivity index (χ2v) is 6.16. The fraction of sp³-hybridized carbons (Fsp3) is 0.500. The molecule has 3 nitrogen and oxygen atoms in total. The van der Waals surface area contributed by atoms with Crippen LogP contribution < -0.4 is 5.32 Å². The zero-order valence-electron chi connectivity index (χ0n) is 12.7. The van der Waals surface area contributed by atoms with E-state index in [1.54, 1.807) is 0 Å². The Morgan fingerprint density at radius 2 is 2.10 bits per heavy atom. The highest BCUT2D eigenvalue weighted by Gasteiger charge is 2.35. The van der Waals surface area contributed by atoms with E-state index in [-0.39, 0.29) is 0 Å². The van der Waals surface area contributed by atoms with Crippen LogP contribution in [-0.4, -0.2) is 22.7 Å². The molecule has 1 saturated carbocycles. The van der Waals surface area contributed by atoms with Crippen molar-refractivity contribution in [2.45, 2.75) is 50.7 Å². The molecule has 0 radical (unpaired) electrons. The van der Waals surface area contributed by atoms with Crippen LogP contribution in [0, 0.1) is 0 Å². The zero-order chi connectivity index (χ0) is 14.7. The molecule has 21 heavy (non-hydrogen) atoms. The van der Waals surface area contributed by atoms with Crippen LogP contribution in [0.25, 0.3) is 10.8 Å². The number of hydrogen-bond acceptors (Lipinski definition) is 3. The molecule has 1 heterocycles. The van der Waals surface area contributed by atoms with Gasteiger partial charge in [0.05, 0.1) is 5.60 Å². The highest BCUT2D eigenvalue weighted by atomic mass is 16.3. The lowest BCUT2D eigenvalue weighted by Gasteiger charge is -2.37. The minimum atomic E-state index is -0.701. The summed E-state index contributed by atoms with van der Waals surface area (Å²) < 4.78 is 0. The van der Waals surface area contributed by atoms with Crippen LogP contribution >= 0.6 is 0 Å². The fourth-order valence-corrected chi connectivity index (χ4v) is 3.44. The predicted molar refractivity (Wildman–Crippen MR) is 86.2 cm³/mol. The second-order valence-electron chi connectivity index (χ2n) is 6.16. The first kappa shape index (κ1) is 14.5. The first-order valence-electron chi connectivity index (χ1n) is 8.02. The molecule has 0 bridgehead atoms. The van der Waals surface area contributed by atoms with Crippen LogP contribution in [0.5, 0.6) is 0 Å². The maximum Gasteiger partial charge on any atom is 0.0904 e. The zero-order valence-corrected chi connectivity index (χ0v) is 12.7. The Morgan fingerprint density at radius 1 is 1.29 bits per heavy atom. The lowest BCUT2D eigenvalue weighted by molar-refractivity contribution is -0.00694. The number of rotatable bonds is 4.